The van der Waals surface area contributed by atoms with E-state index in [2.05, 4.69) is 5.32 Å². The van der Waals surface area contributed by atoms with Crippen LogP contribution in [0, 0.1) is 0 Å². The molecule has 1 aromatic carbocycles. The minimum Gasteiger partial charge on any atom is -0.483 e. The second-order valence-corrected chi connectivity index (χ2v) is 5.97. The third-order valence-corrected chi connectivity index (χ3v) is 4.19. The fraction of sp³-hybridized carbons (Fsp3) is 0.444. The molecule has 0 aliphatic heterocycles. The molecule has 3 rings (SSSR count). The molecule has 1 N–H and O–H groups in total. The molecule has 1 saturated carbocycles. The number of hydrogen-bond donors (Lipinski definition) is 1. The summed E-state index contributed by atoms with van der Waals surface area (Å²) in [4.78, 5) is 23.6. The Kier molecular flexibility index (Phi) is 4.95. The molecule has 122 valence electrons. The monoisotopic (exact) mass is 315 g/mol. The third-order valence-electron chi connectivity index (χ3n) is 4.19. The van der Waals surface area contributed by atoms with Crippen LogP contribution >= 0.6 is 0 Å². The average molecular weight is 315 g/mol. The fourth-order valence-electron chi connectivity index (χ4n) is 3.04. The Morgan fingerprint density at radius 3 is 2.70 bits per heavy atom. The largest absolute Gasteiger partial charge is 0.483 e. The topological polar surface area (TPSA) is 68.5 Å². The Morgan fingerprint density at radius 2 is 1.91 bits per heavy atom. The second-order valence-electron chi connectivity index (χ2n) is 5.97. The summed E-state index contributed by atoms with van der Waals surface area (Å²) in [6, 6.07) is 8.65. The van der Waals surface area contributed by atoms with E-state index in [1.807, 2.05) is 6.07 Å². The SMILES string of the molecule is O=C(COc1cc(=O)oc2ccccc12)NC1CCCCCC1. The lowest BCUT2D eigenvalue weighted by Crippen LogP contribution is -2.37. The first kappa shape index (κ1) is 15.6. The summed E-state index contributed by atoms with van der Waals surface area (Å²) in [6.07, 6.45) is 6.88. The summed E-state index contributed by atoms with van der Waals surface area (Å²) in [5.41, 5.74) is -0.0259. The molecule has 1 aliphatic carbocycles. The van der Waals surface area contributed by atoms with Crippen LogP contribution in [0.15, 0.2) is 39.5 Å². The van der Waals surface area contributed by atoms with Gasteiger partial charge in [0.2, 0.25) is 0 Å². The molecule has 1 amide bonds. The number of fused-ring (bicyclic) bond motifs is 1. The Morgan fingerprint density at radius 1 is 1.17 bits per heavy atom. The molecule has 23 heavy (non-hydrogen) atoms. The number of ether oxygens (including phenoxy) is 1. The van der Waals surface area contributed by atoms with E-state index in [0.29, 0.717) is 16.7 Å². The minimum atomic E-state index is -0.483. The predicted molar refractivity (Wildman–Crippen MR) is 87.6 cm³/mol. The van der Waals surface area contributed by atoms with Gasteiger partial charge in [-0.2, -0.15) is 0 Å². The molecule has 0 unspecified atom stereocenters. The second kappa shape index (κ2) is 7.31. The van der Waals surface area contributed by atoms with Gasteiger partial charge in [0.1, 0.15) is 11.3 Å². The summed E-state index contributed by atoms with van der Waals surface area (Å²) in [6.45, 7) is -0.0933. The van der Waals surface area contributed by atoms with Crippen molar-refractivity contribution in [1.82, 2.24) is 5.32 Å². The molecule has 0 spiro atoms. The van der Waals surface area contributed by atoms with E-state index in [0.717, 1.165) is 25.7 Å². The third kappa shape index (κ3) is 4.12. The van der Waals surface area contributed by atoms with Gasteiger partial charge >= 0.3 is 5.63 Å². The zero-order chi connectivity index (χ0) is 16.1. The summed E-state index contributed by atoms with van der Waals surface area (Å²) < 4.78 is 10.7. The highest BCUT2D eigenvalue weighted by molar-refractivity contribution is 5.84. The number of carbonyl (C=O) groups is 1. The number of hydrogen-bond acceptors (Lipinski definition) is 4. The van der Waals surface area contributed by atoms with E-state index in [1.165, 1.54) is 18.9 Å². The smallest absolute Gasteiger partial charge is 0.339 e. The van der Waals surface area contributed by atoms with Gasteiger partial charge in [-0.25, -0.2) is 4.79 Å². The lowest BCUT2D eigenvalue weighted by atomic mass is 10.1. The highest BCUT2D eigenvalue weighted by Gasteiger charge is 2.15. The van der Waals surface area contributed by atoms with Gasteiger partial charge in [0, 0.05) is 6.04 Å². The maximum atomic E-state index is 12.1. The molecular formula is C18H21NO4. The van der Waals surface area contributed by atoms with Gasteiger partial charge < -0.3 is 14.5 Å². The number of nitrogens with one attached hydrogen (secondary N) is 1. The molecule has 0 radical (unpaired) electrons. The Bertz CT molecular complexity index is 729. The van der Waals surface area contributed by atoms with Crippen LogP contribution in [0.25, 0.3) is 11.0 Å². The van der Waals surface area contributed by atoms with E-state index < -0.39 is 5.63 Å². The predicted octanol–water partition coefficient (Wildman–Crippen LogP) is 3.01. The first-order chi connectivity index (χ1) is 11.2. The van der Waals surface area contributed by atoms with Crippen molar-refractivity contribution in [2.45, 2.75) is 44.6 Å². The zero-order valence-electron chi connectivity index (χ0n) is 13.0. The molecule has 5 heteroatoms. The van der Waals surface area contributed by atoms with Crippen molar-refractivity contribution in [1.29, 1.82) is 0 Å². The standard InChI is InChI=1S/C18H21NO4/c20-17(19-13-7-3-1-2-4-8-13)12-22-16-11-18(21)23-15-10-6-5-9-14(15)16/h5-6,9-11,13H,1-4,7-8,12H2,(H,19,20). The molecule has 5 nitrogen and oxygen atoms in total. The van der Waals surface area contributed by atoms with Crippen molar-refractivity contribution >= 4 is 16.9 Å². The summed E-state index contributed by atoms with van der Waals surface area (Å²) in [7, 11) is 0. The van der Waals surface area contributed by atoms with Crippen LogP contribution < -0.4 is 15.7 Å². The van der Waals surface area contributed by atoms with Gasteiger partial charge in [0.25, 0.3) is 5.91 Å². The van der Waals surface area contributed by atoms with E-state index in [9.17, 15) is 9.59 Å². The molecule has 1 aromatic heterocycles. The van der Waals surface area contributed by atoms with Gasteiger partial charge in [-0.1, -0.05) is 37.8 Å². The number of para-hydroxylation sites is 1. The van der Waals surface area contributed by atoms with Crippen molar-refractivity contribution in [3.8, 4) is 5.75 Å². The zero-order valence-corrected chi connectivity index (χ0v) is 13.0. The molecule has 1 heterocycles. The Balaban J connectivity index is 1.63. The summed E-state index contributed by atoms with van der Waals surface area (Å²) in [5, 5.41) is 3.72. The normalized spacial score (nSPS) is 16.0. The molecule has 0 bridgehead atoms. The highest BCUT2D eigenvalue weighted by Crippen LogP contribution is 2.23. The van der Waals surface area contributed by atoms with E-state index >= 15 is 0 Å². The Labute approximate surface area is 134 Å². The van der Waals surface area contributed by atoms with Crippen LogP contribution in [0.3, 0.4) is 0 Å². The van der Waals surface area contributed by atoms with Gasteiger partial charge in [-0.3, -0.25) is 4.79 Å². The van der Waals surface area contributed by atoms with Gasteiger partial charge in [0.05, 0.1) is 11.5 Å². The van der Waals surface area contributed by atoms with E-state index in [4.69, 9.17) is 9.15 Å². The van der Waals surface area contributed by atoms with Crippen molar-refractivity contribution in [2.24, 2.45) is 0 Å². The Hall–Kier alpha value is -2.30. The summed E-state index contributed by atoms with van der Waals surface area (Å²) in [5.74, 6) is 0.238. The number of amides is 1. The maximum Gasteiger partial charge on any atom is 0.339 e. The van der Waals surface area contributed by atoms with Crippen molar-refractivity contribution < 1.29 is 13.9 Å². The summed E-state index contributed by atoms with van der Waals surface area (Å²) >= 11 is 0. The van der Waals surface area contributed by atoms with Crippen LogP contribution in [-0.2, 0) is 4.79 Å². The fourth-order valence-corrected chi connectivity index (χ4v) is 3.04. The molecule has 1 aliphatic rings. The van der Waals surface area contributed by atoms with Gasteiger partial charge in [-0.05, 0) is 25.0 Å². The first-order valence-corrected chi connectivity index (χ1v) is 8.17. The van der Waals surface area contributed by atoms with Gasteiger partial charge in [0.15, 0.2) is 6.61 Å². The lowest BCUT2D eigenvalue weighted by Gasteiger charge is -2.16. The van der Waals surface area contributed by atoms with Crippen molar-refractivity contribution in [3.63, 3.8) is 0 Å². The molecule has 1 fully saturated rings. The number of benzene rings is 1. The average Bonchev–Trinajstić information content (AvgIpc) is 2.81. The number of carbonyl (C=O) groups excluding carboxylic acids is 1. The quantitative estimate of drug-likeness (QED) is 0.695. The van der Waals surface area contributed by atoms with Crippen LogP contribution in [0.5, 0.6) is 5.75 Å². The van der Waals surface area contributed by atoms with Crippen molar-refractivity contribution in [2.75, 3.05) is 6.61 Å². The molecule has 2 aromatic rings. The first-order valence-electron chi connectivity index (χ1n) is 8.17. The molecule has 0 atom stereocenters. The van der Waals surface area contributed by atoms with Crippen molar-refractivity contribution in [3.05, 3.63) is 40.8 Å². The lowest BCUT2D eigenvalue weighted by molar-refractivity contribution is -0.123. The van der Waals surface area contributed by atoms with E-state index in [-0.39, 0.29) is 18.6 Å². The van der Waals surface area contributed by atoms with Crippen LogP contribution in [0.1, 0.15) is 38.5 Å². The number of rotatable bonds is 4. The van der Waals surface area contributed by atoms with E-state index in [1.54, 1.807) is 18.2 Å². The molecule has 0 saturated heterocycles. The molecular weight excluding hydrogens is 294 g/mol. The van der Waals surface area contributed by atoms with Gasteiger partial charge in [-0.15, -0.1) is 0 Å². The maximum absolute atomic E-state index is 12.1. The van der Waals surface area contributed by atoms with Crippen LogP contribution in [-0.4, -0.2) is 18.6 Å². The minimum absolute atomic E-state index is 0.0933. The van der Waals surface area contributed by atoms with Crippen LogP contribution in [0.2, 0.25) is 0 Å². The highest BCUT2D eigenvalue weighted by atomic mass is 16.5. The van der Waals surface area contributed by atoms with Crippen LogP contribution in [0.4, 0.5) is 0 Å².